The van der Waals surface area contributed by atoms with Crippen molar-refractivity contribution in [2.75, 3.05) is 13.1 Å². The molecule has 21 heavy (non-hydrogen) atoms. The highest BCUT2D eigenvalue weighted by Gasteiger charge is 2.30. The third-order valence-corrected chi connectivity index (χ3v) is 3.76. The van der Waals surface area contributed by atoms with Crippen LogP contribution in [-0.4, -0.2) is 33.9 Å². The standard InChI is InChI=1S/C16H16FN3O/c1-11-6-8-18-15(19-11)12-7-9-20(10-12)16(21)13-4-2-3-5-14(13)17/h2-6,8,12H,7,9-10H2,1H3. The molecule has 2 heterocycles. The van der Waals surface area contributed by atoms with Gasteiger partial charge in [0.2, 0.25) is 0 Å². The zero-order valence-electron chi connectivity index (χ0n) is 11.8. The van der Waals surface area contributed by atoms with Gasteiger partial charge in [0, 0.05) is 30.9 Å². The van der Waals surface area contributed by atoms with Gasteiger partial charge >= 0.3 is 0 Å². The smallest absolute Gasteiger partial charge is 0.256 e. The van der Waals surface area contributed by atoms with Gasteiger partial charge in [-0.1, -0.05) is 12.1 Å². The average molecular weight is 285 g/mol. The number of carbonyl (C=O) groups excluding carboxylic acids is 1. The van der Waals surface area contributed by atoms with Gasteiger partial charge in [-0.3, -0.25) is 4.79 Å². The topological polar surface area (TPSA) is 46.1 Å². The van der Waals surface area contributed by atoms with Crippen molar-refractivity contribution >= 4 is 5.91 Å². The molecule has 1 aromatic carbocycles. The third kappa shape index (κ3) is 2.77. The minimum atomic E-state index is -0.474. The second-order valence-corrected chi connectivity index (χ2v) is 5.27. The van der Waals surface area contributed by atoms with Crippen molar-refractivity contribution in [3.8, 4) is 0 Å². The van der Waals surface area contributed by atoms with Crippen LogP contribution in [-0.2, 0) is 0 Å². The molecule has 1 aliphatic rings. The van der Waals surface area contributed by atoms with Crippen molar-refractivity contribution < 1.29 is 9.18 Å². The Labute approximate surface area is 122 Å². The molecule has 1 saturated heterocycles. The van der Waals surface area contributed by atoms with E-state index in [1.165, 1.54) is 12.1 Å². The van der Waals surface area contributed by atoms with Gasteiger partial charge in [0.15, 0.2) is 0 Å². The Morgan fingerprint density at radius 1 is 1.33 bits per heavy atom. The predicted molar refractivity (Wildman–Crippen MR) is 76.4 cm³/mol. The van der Waals surface area contributed by atoms with Gasteiger partial charge in [0.25, 0.3) is 5.91 Å². The Morgan fingerprint density at radius 2 is 2.14 bits per heavy atom. The zero-order chi connectivity index (χ0) is 14.8. The van der Waals surface area contributed by atoms with E-state index in [9.17, 15) is 9.18 Å². The summed E-state index contributed by atoms with van der Waals surface area (Å²) in [5.41, 5.74) is 1.04. The van der Waals surface area contributed by atoms with E-state index in [1.54, 1.807) is 23.2 Å². The van der Waals surface area contributed by atoms with Crippen molar-refractivity contribution in [1.82, 2.24) is 14.9 Å². The van der Waals surface area contributed by atoms with Crippen LogP contribution in [0.1, 0.15) is 34.2 Å². The molecule has 3 rings (SSSR count). The Kier molecular flexibility index (Phi) is 3.64. The summed E-state index contributed by atoms with van der Waals surface area (Å²) in [5.74, 6) is 0.153. The first kappa shape index (κ1) is 13.7. The van der Waals surface area contributed by atoms with Crippen molar-refractivity contribution in [2.45, 2.75) is 19.3 Å². The van der Waals surface area contributed by atoms with Crippen LogP contribution in [0.4, 0.5) is 4.39 Å². The van der Waals surface area contributed by atoms with Crippen molar-refractivity contribution in [1.29, 1.82) is 0 Å². The van der Waals surface area contributed by atoms with Crippen molar-refractivity contribution in [2.24, 2.45) is 0 Å². The van der Waals surface area contributed by atoms with Crippen LogP contribution < -0.4 is 0 Å². The molecule has 108 valence electrons. The van der Waals surface area contributed by atoms with E-state index in [4.69, 9.17) is 0 Å². The van der Waals surface area contributed by atoms with Gasteiger partial charge in [0.05, 0.1) is 5.56 Å². The first-order chi connectivity index (χ1) is 10.1. The van der Waals surface area contributed by atoms with Gasteiger partial charge in [-0.2, -0.15) is 0 Å². The monoisotopic (exact) mass is 285 g/mol. The number of aryl methyl sites for hydroxylation is 1. The molecular weight excluding hydrogens is 269 g/mol. The fraction of sp³-hybridized carbons (Fsp3) is 0.312. The van der Waals surface area contributed by atoms with Crippen LogP contribution in [0.5, 0.6) is 0 Å². The second-order valence-electron chi connectivity index (χ2n) is 5.27. The summed E-state index contributed by atoms with van der Waals surface area (Å²) >= 11 is 0. The minimum Gasteiger partial charge on any atom is -0.338 e. The molecule has 1 fully saturated rings. The molecule has 0 saturated carbocycles. The van der Waals surface area contributed by atoms with E-state index >= 15 is 0 Å². The van der Waals surface area contributed by atoms with E-state index in [0.717, 1.165) is 17.9 Å². The molecule has 5 heteroatoms. The van der Waals surface area contributed by atoms with E-state index < -0.39 is 5.82 Å². The lowest BCUT2D eigenvalue weighted by Crippen LogP contribution is -2.29. The molecule has 0 N–H and O–H groups in total. The van der Waals surface area contributed by atoms with Gasteiger partial charge in [-0.15, -0.1) is 0 Å². The molecule has 1 amide bonds. The predicted octanol–water partition coefficient (Wildman–Crippen LogP) is 2.55. The first-order valence-electron chi connectivity index (χ1n) is 6.98. The third-order valence-electron chi connectivity index (χ3n) is 3.76. The van der Waals surface area contributed by atoms with Crippen LogP contribution in [0.3, 0.4) is 0 Å². The molecule has 4 nitrogen and oxygen atoms in total. The van der Waals surface area contributed by atoms with Gasteiger partial charge in [0.1, 0.15) is 11.6 Å². The maximum absolute atomic E-state index is 13.7. The highest BCUT2D eigenvalue weighted by atomic mass is 19.1. The summed E-state index contributed by atoms with van der Waals surface area (Å²) in [6, 6.07) is 7.94. The number of nitrogens with zero attached hydrogens (tertiary/aromatic N) is 3. The number of likely N-dealkylation sites (tertiary alicyclic amines) is 1. The number of benzene rings is 1. The normalized spacial score (nSPS) is 18.0. The van der Waals surface area contributed by atoms with Crippen LogP contribution >= 0.6 is 0 Å². The minimum absolute atomic E-state index is 0.126. The van der Waals surface area contributed by atoms with Crippen LogP contribution in [0, 0.1) is 12.7 Å². The lowest BCUT2D eigenvalue weighted by atomic mass is 10.1. The lowest BCUT2D eigenvalue weighted by molar-refractivity contribution is 0.0786. The summed E-state index contributed by atoms with van der Waals surface area (Å²) in [7, 11) is 0. The van der Waals surface area contributed by atoms with E-state index in [0.29, 0.717) is 13.1 Å². The van der Waals surface area contributed by atoms with E-state index in [1.807, 2.05) is 13.0 Å². The summed E-state index contributed by atoms with van der Waals surface area (Å²) in [4.78, 5) is 22.7. The second kappa shape index (κ2) is 5.60. The molecule has 0 aliphatic carbocycles. The van der Waals surface area contributed by atoms with Crippen LogP contribution in [0.2, 0.25) is 0 Å². The fourth-order valence-electron chi connectivity index (χ4n) is 2.63. The quantitative estimate of drug-likeness (QED) is 0.852. The molecular formula is C16H16FN3O. The van der Waals surface area contributed by atoms with Gasteiger partial charge < -0.3 is 4.90 Å². The van der Waals surface area contributed by atoms with Gasteiger partial charge in [-0.05, 0) is 31.5 Å². The number of hydrogen-bond acceptors (Lipinski definition) is 3. The number of rotatable bonds is 2. The molecule has 0 spiro atoms. The highest BCUT2D eigenvalue weighted by molar-refractivity contribution is 5.94. The van der Waals surface area contributed by atoms with Crippen molar-refractivity contribution in [3.05, 3.63) is 59.4 Å². The maximum Gasteiger partial charge on any atom is 0.256 e. The van der Waals surface area contributed by atoms with E-state index in [2.05, 4.69) is 9.97 Å². The number of hydrogen-bond donors (Lipinski definition) is 0. The Hall–Kier alpha value is -2.30. The Morgan fingerprint density at radius 3 is 2.90 bits per heavy atom. The average Bonchev–Trinajstić information content (AvgIpc) is 2.97. The summed E-state index contributed by atoms with van der Waals surface area (Å²) < 4.78 is 13.7. The summed E-state index contributed by atoms with van der Waals surface area (Å²) in [6.07, 6.45) is 2.54. The van der Waals surface area contributed by atoms with Gasteiger partial charge in [-0.25, -0.2) is 14.4 Å². The molecule has 1 aromatic heterocycles. The summed E-state index contributed by atoms with van der Waals surface area (Å²) in [5, 5.41) is 0. The van der Waals surface area contributed by atoms with Crippen LogP contribution in [0.15, 0.2) is 36.5 Å². The highest BCUT2D eigenvalue weighted by Crippen LogP contribution is 2.26. The SMILES string of the molecule is Cc1ccnc(C2CCN(C(=O)c3ccccc3F)C2)n1. The lowest BCUT2D eigenvalue weighted by Gasteiger charge is -2.16. The molecule has 1 atom stereocenters. The largest absolute Gasteiger partial charge is 0.338 e. The number of aromatic nitrogens is 2. The Bertz CT molecular complexity index is 674. The molecule has 0 radical (unpaired) electrons. The van der Waals surface area contributed by atoms with Crippen molar-refractivity contribution in [3.63, 3.8) is 0 Å². The molecule has 0 bridgehead atoms. The van der Waals surface area contributed by atoms with Crippen LogP contribution in [0.25, 0.3) is 0 Å². The maximum atomic E-state index is 13.7. The van der Waals surface area contributed by atoms with E-state index in [-0.39, 0.29) is 17.4 Å². The molecule has 1 aliphatic heterocycles. The zero-order valence-corrected chi connectivity index (χ0v) is 11.8. The molecule has 2 aromatic rings. The Balaban J connectivity index is 1.75. The number of halogens is 1. The summed E-state index contributed by atoms with van der Waals surface area (Å²) in [6.45, 7) is 3.06. The molecule has 1 unspecified atom stereocenters. The first-order valence-corrected chi connectivity index (χ1v) is 6.98. The number of carbonyl (C=O) groups is 1. The fourth-order valence-corrected chi connectivity index (χ4v) is 2.63. The number of amides is 1.